The highest BCUT2D eigenvalue weighted by atomic mass is 32.2. The van der Waals surface area contributed by atoms with Crippen molar-refractivity contribution in [2.45, 2.75) is 11.8 Å². The number of hydrogen-bond acceptors (Lipinski definition) is 9. The van der Waals surface area contributed by atoms with Crippen LogP contribution >= 0.6 is 11.8 Å². The Morgan fingerprint density at radius 1 is 0.895 bits per heavy atom. The Hall–Kier alpha value is -3.96. The molecule has 38 heavy (non-hydrogen) atoms. The van der Waals surface area contributed by atoms with Crippen molar-refractivity contribution in [3.05, 3.63) is 82.8 Å². The van der Waals surface area contributed by atoms with Gasteiger partial charge in [-0.2, -0.15) is 8.42 Å². The molecule has 1 aliphatic heterocycles. The van der Waals surface area contributed by atoms with Crippen LogP contribution in [0.2, 0.25) is 0 Å². The molecule has 1 saturated heterocycles. The normalized spacial score (nSPS) is 14.6. The molecule has 11 heteroatoms. The summed E-state index contributed by atoms with van der Waals surface area (Å²) in [5.41, 5.74) is 1.57. The number of thioether (sulfide) groups is 1. The van der Waals surface area contributed by atoms with Crippen molar-refractivity contribution in [1.29, 1.82) is 0 Å². The summed E-state index contributed by atoms with van der Waals surface area (Å²) in [6.45, 7) is 2.22. The Morgan fingerprint density at radius 3 is 2.34 bits per heavy atom. The lowest BCUT2D eigenvalue weighted by Gasteiger charge is -2.13. The molecule has 0 N–H and O–H groups in total. The Kier molecular flexibility index (Phi) is 8.28. The first-order valence-corrected chi connectivity index (χ1v) is 13.6. The second-order valence-corrected chi connectivity index (χ2v) is 10.7. The molecular formula is C27H25NO8S2. The standard InChI is InChI=1S/C27H25NO8S2/c1-18-5-4-6-21(15-18)35-14-13-28-26(29)25(37-27(28)30)17-19-7-12-23(24(16-19)34-3)36-38(31,32)22-10-8-20(33-2)9-11-22/h4-12,15-17H,13-14H2,1-3H3/b25-17-. The van der Waals surface area contributed by atoms with Gasteiger partial charge in [0.1, 0.15) is 23.0 Å². The van der Waals surface area contributed by atoms with Crippen LogP contribution in [0.15, 0.2) is 76.5 Å². The monoisotopic (exact) mass is 555 g/mol. The van der Waals surface area contributed by atoms with Crippen molar-refractivity contribution in [2.24, 2.45) is 0 Å². The van der Waals surface area contributed by atoms with E-state index in [1.54, 1.807) is 6.07 Å². The quantitative estimate of drug-likeness (QED) is 0.255. The molecule has 0 saturated carbocycles. The summed E-state index contributed by atoms with van der Waals surface area (Å²) in [5, 5.41) is -0.397. The number of ether oxygens (including phenoxy) is 3. The van der Waals surface area contributed by atoms with E-state index >= 15 is 0 Å². The third kappa shape index (κ3) is 6.29. The molecule has 2 amide bonds. The highest BCUT2D eigenvalue weighted by Crippen LogP contribution is 2.35. The molecule has 1 fully saturated rings. The lowest BCUT2D eigenvalue weighted by Crippen LogP contribution is -2.32. The highest BCUT2D eigenvalue weighted by molar-refractivity contribution is 8.18. The van der Waals surface area contributed by atoms with E-state index in [9.17, 15) is 18.0 Å². The topological polar surface area (TPSA) is 108 Å². The Labute approximate surface area is 225 Å². The van der Waals surface area contributed by atoms with Crippen LogP contribution in [0.25, 0.3) is 6.08 Å². The van der Waals surface area contributed by atoms with Gasteiger partial charge in [0.2, 0.25) is 0 Å². The number of carbonyl (C=O) groups excluding carboxylic acids is 2. The minimum absolute atomic E-state index is 0.0260. The summed E-state index contributed by atoms with van der Waals surface area (Å²) in [4.78, 5) is 26.6. The fourth-order valence-electron chi connectivity index (χ4n) is 3.56. The number of hydrogen-bond donors (Lipinski definition) is 0. The van der Waals surface area contributed by atoms with E-state index in [0.29, 0.717) is 17.1 Å². The van der Waals surface area contributed by atoms with Gasteiger partial charge < -0.3 is 18.4 Å². The molecule has 1 heterocycles. The Morgan fingerprint density at radius 2 is 1.66 bits per heavy atom. The Balaban J connectivity index is 1.45. The molecule has 0 atom stereocenters. The summed E-state index contributed by atoms with van der Waals surface area (Å²) >= 11 is 0.818. The summed E-state index contributed by atoms with van der Waals surface area (Å²) < 4.78 is 46.7. The van der Waals surface area contributed by atoms with E-state index < -0.39 is 21.3 Å². The smallest absolute Gasteiger partial charge is 0.339 e. The van der Waals surface area contributed by atoms with Crippen LogP contribution < -0.4 is 18.4 Å². The van der Waals surface area contributed by atoms with Crippen molar-refractivity contribution in [2.75, 3.05) is 27.4 Å². The van der Waals surface area contributed by atoms with Gasteiger partial charge in [-0.05, 0) is 84.4 Å². The first kappa shape index (κ1) is 27.1. The first-order chi connectivity index (χ1) is 18.2. The number of nitrogens with zero attached hydrogens (tertiary/aromatic N) is 1. The van der Waals surface area contributed by atoms with Gasteiger partial charge in [0.15, 0.2) is 11.5 Å². The van der Waals surface area contributed by atoms with Crippen LogP contribution in [-0.2, 0) is 14.9 Å². The number of methoxy groups -OCH3 is 2. The zero-order valence-corrected chi connectivity index (χ0v) is 22.5. The number of amides is 2. The zero-order chi connectivity index (χ0) is 27.3. The lowest BCUT2D eigenvalue weighted by atomic mass is 10.2. The molecule has 0 unspecified atom stereocenters. The van der Waals surface area contributed by atoms with E-state index in [1.807, 2.05) is 31.2 Å². The molecule has 198 valence electrons. The molecule has 0 bridgehead atoms. The fourth-order valence-corrected chi connectivity index (χ4v) is 5.36. The first-order valence-electron chi connectivity index (χ1n) is 11.4. The van der Waals surface area contributed by atoms with Gasteiger partial charge in [-0.15, -0.1) is 0 Å². The van der Waals surface area contributed by atoms with Crippen LogP contribution in [-0.4, -0.2) is 51.8 Å². The number of aryl methyl sites for hydroxylation is 1. The number of rotatable bonds is 10. The summed E-state index contributed by atoms with van der Waals surface area (Å²) in [6, 6.07) is 17.8. The van der Waals surface area contributed by atoms with Crippen LogP contribution in [0, 0.1) is 6.92 Å². The van der Waals surface area contributed by atoms with E-state index in [2.05, 4.69) is 0 Å². The predicted molar refractivity (Wildman–Crippen MR) is 143 cm³/mol. The SMILES string of the molecule is COc1ccc(S(=O)(=O)Oc2ccc(/C=C3\SC(=O)N(CCOc4cccc(C)c4)C3=O)cc2OC)cc1. The molecule has 0 aromatic heterocycles. The number of benzene rings is 3. The lowest BCUT2D eigenvalue weighted by molar-refractivity contribution is -0.123. The molecule has 4 rings (SSSR count). The molecular weight excluding hydrogens is 530 g/mol. The van der Waals surface area contributed by atoms with Gasteiger partial charge >= 0.3 is 10.1 Å². The van der Waals surface area contributed by atoms with Crippen molar-refractivity contribution in [1.82, 2.24) is 4.90 Å². The van der Waals surface area contributed by atoms with Crippen molar-refractivity contribution in [3.63, 3.8) is 0 Å². The van der Waals surface area contributed by atoms with Crippen LogP contribution in [0.1, 0.15) is 11.1 Å². The van der Waals surface area contributed by atoms with Gasteiger partial charge in [0.25, 0.3) is 11.1 Å². The maximum Gasteiger partial charge on any atom is 0.339 e. The largest absolute Gasteiger partial charge is 0.497 e. The molecule has 0 aliphatic carbocycles. The molecule has 3 aromatic rings. The van der Waals surface area contributed by atoms with Crippen LogP contribution in [0.5, 0.6) is 23.0 Å². The molecule has 1 aliphatic rings. The van der Waals surface area contributed by atoms with Gasteiger partial charge in [0, 0.05) is 0 Å². The third-order valence-corrected chi connectivity index (χ3v) is 7.64. The van der Waals surface area contributed by atoms with Crippen molar-refractivity contribution >= 4 is 39.1 Å². The third-order valence-electron chi connectivity index (χ3n) is 5.48. The van der Waals surface area contributed by atoms with Gasteiger partial charge in [-0.3, -0.25) is 14.5 Å². The van der Waals surface area contributed by atoms with Gasteiger partial charge in [-0.1, -0.05) is 18.2 Å². The Bertz CT molecular complexity index is 1480. The molecule has 0 spiro atoms. The number of carbonyl (C=O) groups is 2. The van der Waals surface area contributed by atoms with E-state index in [-0.39, 0.29) is 34.5 Å². The van der Waals surface area contributed by atoms with Crippen molar-refractivity contribution < 1.29 is 36.4 Å². The second kappa shape index (κ2) is 11.6. The second-order valence-electron chi connectivity index (χ2n) is 8.12. The van der Waals surface area contributed by atoms with Gasteiger partial charge in [0.05, 0.1) is 25.7 Å². The van der Waals surface area contributed by atoms with E-state index in [0.717, 1.165) is 22.2 Å². The zero-order valence-electron chi connectivity index (χ0n) is 20.9. The molecule has 0 radical (unpaired) electrons. The average Bonchev–Trinajstić information content (AvgIpc) is 3.16. The number of imide groups is 1. The van der Waals surface area contributed by atoms with Gasteiger partial charge in [-0.25, -0.2) is 0 Å². The fraction of sp³-hybridized carbons (Fsp3) is 0.185. The minimum atomic E-state index is -4.13. The summed E-state index contributed by atoms with van der Waals surface area (Å²) in [5.74, 6) is 0.850. The average molecular weight is 556 g/mol. The molecule has 9 nitrogen and oxygen atoms in total. The van der Waals surface area contributed by atoms with E-state index in [4.69, 9.17) is 18.4 Å². The maximum absolute atomic E-state index is 12.8. The highest BCUT2D eigenvalue weighted by Gasteiger charge is 2.35. The predicted octanol–water partition coefficient (Wildman–Crippen LogP) is 4.90. The summed E-state index contributed by atoms with van der Waals surface area (Å²) in [6.07, 6.45) is 1.54. The van der Waals surface area contributed by atoms with Crippen molar-refractivity contribution in [3.8, 4) is 23.0 Å². The summed E-state index contributed by atoms with van der Waals surface area (Å²) in [7, 11) is -1.28. The van der Waals surface area contributed by atoms with Crippen LogP contribution in [0.4, 0.5) is 4.79 Å². The van der Waals surface area contributed by atoms with Crippen LogP contribution in [0.3, 0.4) is 0 Å². The molecule has 3 aromatic carbocycles. The van der Waals surface area contributed by atoms with E-state index in [1.165, 1.54) is 56.7 Å². The maximum atomic E-state index is 12.8. The minimum Gasteiger partial charge on any atom is -0.497 e.